The summed E-state index contributed by atoms with van der Waals surface area (Å²) in [4.78, 5) is 4.29. The first-order valence-corrected chi connectivity index (χ1v) is 7.11. The third kappa shape index (κ3) is 4.29. The number of nitrogens with zero attached hydrogens (tertiary/aromatic N) is 1. The van der Waals surface area contributed by atoms with E-state index < -0.39 is 0 Å². The second kappa shape index (κ2) is 7.40. The van der Waals surface area contributed by atoms with Crippen LogP contribution in [-0.2, 0) is 6.54 Å². The van der Waals surface area contributed by atoms with Crippen molar-refractivity contribution in [2.24, 2.45) is 10.7 Å². The van der Waals surface area contributed by atoms with Gasteiger partial charge in [0, 0.05) is 5.69 Å². The zero-order valence-corrected chi connectivity index (χ0v) is 13.5. The summed E-state index contributed by atoms with van der Waals surface area (Å²) in [5, 5.41) is 12.9. The molecular weight excluding hydrogens is 294 g/mol. The highest BCUT2D eigenvalue weighted by Crippen LogP contribution is 2.37. The Morgan fingerprint density at radius 2 is 1.83 bits per heavy atom. The maximum atomic E-state index is 9.89. The number of aromatic hydroxyl groups is 1. The molecule has 0 radical (unpaired) electrons. The molecule has 0 aliphatic carbocycles. The van der Waals surface area contributed by atoms with Gasteiger partial charge >= 0.3 is 0 Å². The van der Waals surface area contributed by atoms with E-state index in [0.717, 1.165) is 16.8 Å². The molecule has 6 nitrogen and oxygen atoms in total. The molecule has 0 saturated heterocycles. The minimum absolute atomic E-state index is 0.0337. The predicted octanol–water partition coefficient (Wildman–Crippen LogP) is 2.64. The van der Waals surface area contributed by atoms with Gasteiger partial charge in [-0.2, -0.15) is 0 Å². The Kier molecular flexibility index (Phi) is 5.30. The van der Waals surface area contributed by atoms with Crippen molar-refractivity contribution in [3.8, 4) is 17.2 Å². The Bertz CT molecular complexity index is 689. The molecule has 0 saturated carbocycles. The number of benzene rings is 2. The molecule has 0 fully saturated rings. The number of hydrogen-bond donors (Lipinski definition) is 3. The van der Waals surface area contributed by atoms with E-state index in [1.54, 1.807) is 12.1 Å². The molecule has 23 heavy (non-hydrogen) atoms. The van der Waals surface area contributed by atoms with Gasteiger partial charge in [0.15, 0.2) is 17.5 Å². The third-order valence-corrected chi connectivity index (χ3v) is 3.26. The van der Waals surface area contributed by atoms with Crippen LogP contribution >= 0.6 is 0 Å². The number of nitrogens with one attached hydrogen (secondary N) is 1. The van der Waals surface area contributed by atoms with Gasteiger partial charge in [-0.05, 0) is 42.3 Å². The van der Waals surface area contributed by atoms with Crippen LogP contribution in [0.4, 0.5) is 5.69 Å². The van der Waals surface area contributed by atoms with Gasteiger partial charge in [-0.15, -0.1) is 0 Å². The number of aryl methyl sites for hydroxylation is 1. The molecule has 0 amide bonds. The summed E-state index contributed by atoms with van der Waals surface area (Å²) in [5.74, 6) is 0.940. The van der Waals surface area contributed by atoms with E-state index in [1.165, 1.54) is 14.2 Å². The van der Waals surface area contributed by atoms with Crippen LogP contribution in [0.1, 0.15) is 11.1 Å². The van der Waals surface area contributed by atoms with Gasteiger partial charge in [0.05, 0.1) is 20.8 Å². The smallest absolute Gasteiger partial charge is 0.200 e. The average Bonchev–Trinajstić information content (AvgIpc) is 2.53. The number of hydrogen-bond acceptors (Lipinski definition) is 4. The minimum Gasteiger partial charge on any atom is -0.502 e. The monoisotopic (exact) mass is 315 g/mol. The third-order valence-electron chi connectivity index (χ3n) is 3.26. The first kappa shape index (κ1) is 16.5. The van der Waals surface area contributed by atoms with Crippen molar-refractivity contribution in [2.75, 3.05) is 19.5 Å². The van der Waals surface area contributed by atoms with Crippen LogP contribution in [0.2, 0.25) is 0 Å². The first-order valence-electron chi connectivity index (χ1n) is 7.11. The molecule has 122 valence electrons. The quantitative estimate of drug-likeness (QED) is 0.583. The van der Waals surface area contributed by atoms with E-state index >= 15 is 0 Å². The average molecular weight is 315 g/mol. The summed E-state index contributed by atoms with van der Waals surface area (Å²) in [6, 6.07) is 11.2. The van der Waals surface area contributed by atoms with E-state index in [1.807, 2.05) is 31.2 Å². The number of phenolic OH excluding ortho intramolecular Hbond substituents is 1. The summed E-state index contributed by atoms with van der Waals surface area (Å²) in [5.41, 5.74) is 8.73. The minimum atomic E-state index is -0.0337. The Labute approximate surface area is 135 Å². The molecular formula is C17H21N3O3. The van der Waals surface area contributed by atoms with E-state index in [4.69, 9.17) is 15.2 Å². The Morgan fingerprint density at radius 3 is 2.39 bits per heavy atom. The largest absolute Gasteiger partial charge is 0.502 e. The highest BCUT2D eigenvalue weighted by Gasteiger charge is 2.10. The van der Waals surface area contributed by atoms with Crippen LogP contribution in [0.25, 0.3) is 0 Å². The zero-order valence-electron chi connectivity index (χ0n) is 13.5. The number of phenols is 1. The number of guanidine groups is 1. The summed E-state index contributed by atoms with van der Waals surface area (Å²) in [6.45, 7) is 2.34. The standard InChI is InChI=1S/C17H21N3O3/c1-11-5-4-6-13(7-11)20-17(18)19-10-12-8-14(22-2)16(21)15(9-12)23-3/h4-9,21H,10H2,1-3H3,(H3,18,19,20). The van der Waals surface area contributed by atoms with Gasteiger partial charge in [-0.1, -0.05) is 12.1 Å². The lowest BCUT2D eigenvalue weighted by Gasteiger charge is -2.11. The summed E-state index contributed by atoms with van der Waals surface area (Å²) in [6.07, 6.45) is 0. The van der Waals surface area contributed by atoms with Gasteiger partial charge in [0.2, 0.25) is 5.75 Å². The molecule has 0 aliphatic heterocycles. The number of aliphatic imine (C=N–C) groups is 1. The van der Waals surface area contributed by atoms with E-state index in [-0.39, 0.29) is 5.75 Å². The van der Waals surface area contributed by atoms with Crippen molar-refractivity contribution in [3.63, 3.8) is 0 Å². The lowest BCUT2D eigenvalue weighted by atomic mass is 10.2. The predicted molar refractivity (Wildman–Crippen MR) is 91.3 cm³/mol. The van der Waals surface area contributed by atoms with Crippen LogP contribution in [0.3, 0.4) is 0 Å². The van der Waals surface area contributed by atoms with Gasteiger partial charge in [0.1, 0.15) is 0 Å². The second-order valence-electron chi connectivity index (χ2n) is 5.04. The van der Waals surface area contributed by atoms with Crippen molar-refractivity contribution < 1.29 is 14.6 Å². The maximum absolute atomic E-state index is 9.89. The maximum Gasteiger partial charge on any atom is 0.200 e. The fraction of sp³-hybridized carbons (Fsp3) is 0.235. The van der Waals surface area contributed by atoms with Crippen molar-refractivity contribution in [1.29, 1.82) is 0 Å². The van der Waals surface area contributed by atoms with Crippen molar-refractivity contribution >= 4 is 11.6 Å². The lowest BCUT2D eigenvalue weighted by Crippen LogP contribution is -2.22. The van der Waals surface area contributed by atoms with Crippen LogP contribution in [0, 0.1) is 6.92 Å². The molecule has 0 unspecified atom stereocenters. The number of nitrogens with two attached hydrogens (primary N) is 1. The van der Waals surface area contributed by atoms with Gasteiger partial charge < -0.3 is 25.6 Å². The van der Waals surface area contributed by atoms with E-state index in [2.05, 4.69) is 10.3 Å². The van der Waals surface area contributed by atoms with Crippen molar-refractivity contribution in [2.45, 2.75) is 13.5 Å². The van der Waals surface area contributed by atoms with Crippen LogP contribution in [-0.4, -0.2) is 25.3 Å². The highest BCUT2D eigenvalue weighted by atomic mass is 16.5. The molecule has 2 aromatic carbocycles. The molecule has 0 aromatic heterocycles. The number of rotatable bonds is 5. The molecule has 2 aromatic rings. The molecule has 4 N–H and O–H groups in total. The molecule has 0 spiro atoms. The SMILES string of the molecule is COc1cc(CN=C(N)Nc2cccc(C)c2)cc(OC)c1O. The number of ether oxygens (including phenoxy) is 2. The van der Waals surface area contributed by atoms with Crippen LogP contribution in [0.15, 0.2) is 41.4 Å². The van der Waals surface area contributed by atoms with Crippen LogP contribution in [0.5, 0.6) is 17.2 Å². The molecule has 6 heteroatoms. The first-order chi connectivity index (χ1) is 11.0. The topological polar surface area (TPSA) is 89.1 Å². The fourth-order valence-corrected chi connectivity index (χ4v) is 2.13. The Balaban J connectivity index is 2.12. The van der Waals surface area contributed by atoms with E-state index in [9.17, 15) is 5.11 Å². The van der Waals surface area contributed by atoms with Gasteiger partial charge in [0.25, 0.3) is 0 Å². The summed E-state index contributed by atoms with van der Waals surface area (Å²) >= 11 is 0. The Morgan fingerprint density at radius 1 is 1.17 bits per heavy atom. The molecule has 0 heterocycles. The summed E-state index contributed by atoms with van der Waals surface area (Å²) < 4.78 is 10.2. The normalized spacial score (nSPS) is 11.2. The lowest BCUT2D eigenvalue weighted by molar-refractivity contribution is 0.339. The Hall–Kier alpha value is -2.89. The number of methoxy groups -OCH3 is 2. The highest BCUT2D eigenvalue weighted by molar-refractivity contribution is 5.92. The molecule has 2 rings (SSSR count). The second-order valence-corrected chi connectivity index (χ2v) is 5.04. The van der Waals surface area contributed by atoms with E-state index in [0.29, 0.717) is 24.0 Å². The molecule has 0 atom stereocenters. The van der Waals surface area contributed by atoms with Gasteiger partial charge in [-0.3, -0.25) is 0 Å². The molecule has 0 bridgehead atoms. The molecule has 0 aliphatic rings. The van der Waals surface area contributed by atoms with Crippen molar-refractivity contribution in [3.05, 3.63) is 47.5 Å². The van der Waals surface area contributed by atoms with Crippen LogP contribution < -0.4 is 20.5 Å². The van der Waals surface area contributed by atoms with Crippen molar-refractivity contribution in [1.82, 2.24) is 0 Å². The zero-order chi connectivity index (χ0) is 16.8. The number of anilines is 1. The fourth-order valence-electron chi connectivity index (χ4n) is 2.13. The van der Waals surface area contributed by atoms with Gasteiger partial charge in [-0.25, -0.2) is 4.99 Å². The summed E-state index contributed by atoms with van der Waals surface area (Å²) in [7, 11) is 2.96.